The van der Waals surface area contributed by atoms with Crippen LogP contribution in [0.3, 0.4) is 0 Å². The third-order valence-electron chi connectivity index (χ3n) is 3.86. The average molecular weight is 257 g/mol. The summed E-state index contributed by atoms with van der Waals surface area (Å²) in [7, 11) is 0. The van der Waals surface area contributed by atoms with Gasteiger partial charge < -0.3 is 9.26 Å². The van der Waals surface area contributed by atoms with Crippen LogP contribution >= 0.6 is 0 Å². The third kappa shape index (κ3) is 1.57. The molecular formula is C12H11N5O2. The van der Waals surface area contributed by atoms with E-state index in [4.69, 9.17) is 14.5 Å². The molecule has 0 aliphatic carbocycles. The molecule has 3 atom stereocenters. The number of fused-ring (bicyclic) bond motifs is 2. The van der Waals surface area contributed by atoms with Crippen molar-refractivity contribution in [2.75, 3.05) is 0 Å². The number of H-pyrrole nitrogens is 1. The zero-order valence-corrected chi connectivity index (χ0v) is 10.0. The quantitative estimate of drug-likeness (QED) is 0.871. The Labute approximate surface area is 108 Å². The summed E-state index contributed by atoms with van der Waals surface area (Å²) >= 11 is 0. The van der Waals surface area contributed by atoms with Gasteiger partial charge in [-0.25, -0.2) is 0 Å². The van der Waals surface area contributed by atoms with Crippen LogP contribution < -0.4 is 0 Å². The van der Waals surface area contributed by atoms with Gasteiger partial charge in [0, 0.05) is 0 Å². The van der Waals surface area contributed by atoms with Crippen molar-refractivity contribution in [2.45, 2.75) is 37.4 Å². The first kappa shape index (κ1) is 10.7. The van der Waals surface area contributed by atoms with Gasteiger partial charge in [-0.3, -0.25) is 5.10 Å². The number of rotatable bonds is 2. The molecule has 2 aliphatic heterocycles. The van der Waals surface area contributed by atoms with Crippen molar-refractivity contribution < 1.29 is 9.26 Å². The SMILES string of the molecule is N#Cc1[nH]ncc1-c1nc(C2CC3CCC2O3)no1. The van der Waals surface area contributed by atoms with Crippen LogP contribution in [0.5, 0.6) is 0 Å². The molecule has 0 radical (unpaired) electrons. The third-order valence-corrected chi connectivity index (χ3v) is 3.86. The Balaban J connectivity index is 1.65. The fourth-order valence-electron chi connectivity index (χ4n) is 2.94. The minimum atomic E-state index is 0.216. The summed E-state index contributed by atoms with van der Waals surface area (Å²) in [5.41, 5.74) is 0.879. The summed E-state index contributed by atoms with van der Waals surface area (Å²) < 4.78 is 11.0. The molecule has 1 N–H and O–H groups in total. The highest BCUT2D eigenvalue weighted by molar-refractivity contribution is 5.59. The molecule has 7 heteroatoms. The molecule has 4 rings (SSSR count). The second-order valence-corrected chi connectivity index (χ2v) is 4.94. The Bertz CT molecular complexity index is 655. The van der Waals surface area contributed by atoms with Crippen molar-refractivity contribution in [1.29, 1.82) is 5.26 Å². The normalized spacial score (nSPS) is 28.7. The van der Waals surface area contributed by atoms with E-state index < -0.39 is 0 Å². The van der Waals surface area contributed by atoms with Crippen LogP contribution in [0.4, 0.5) is 0 Å². The van der Waals surface area contributed by atoms with Crippen LogP contribution in [0.15, 0.2) is 10.7 Å². The number of hydrogen-bond acceptors (Lipinski definition) is 6. The summed E-state index contributed by atoms with van der Waals surface area (Å²) in [4.78, 5) is 4.39. The van der Waals surface area contributed by atoms with E-state index in [9.17, 15) is 0 Å². The second-order valence-electron chi connectivity index (χ2n) is 4.94. The molecule has 19 heavy (non-hydrogen) atoms. The van der Waals surface area contributed by atoms with E-state index in [-0.39, 0.29) is 12.0 Å². The maximum absolute atomic E-state index is 8.94. The fraction of sp³-hybridized carbons (Fsp3) is 0.500. The Morgan fingerprint density at radius 2 is 2.37 bits per heavy atom. The molecule has 0 aromatic carbocycles. The molecule has 2 saturated heterocycles. The van der Waals surface area contributed by atoms with Crippen LogP contribution in [0.2, 0.25) is 0 Å². The van der Waals surface area contributed by atoms with Gasteiger partial charge in [0.2, 0.25) is 0 Å². The van der Waals surface area contributed by atoms with Crippen molar-refractivity contribution in [3.05, 3.63) is 17.7 Å². The van der Waals surface area contributed by atoms with E-state index in [0.29, 0.717) is 29.1 Å². The summed E-state index contributed by atoms with van der Waals surface area (Å²) in [6.45, 7) is 0. The lowest BCUT2D eigenvalue weighted by molar-refractivity contribution is 0.0996. The molecule has 2 aliphatic rings. The smallest absolute Gasteiger partial charge is 0.262 e. The van der Waals surface area contributed by atoms with Gasteiger partial charge in [0.15, 0.2) is 5.82 Å². The molecular weight excluding hydrogens is 246 g/mol. The molecule has 0 saturated carbocycles. The molecule has 2 aromatic heterocycles. The minimum Gasteiger partial charge on any atom is -0.374 e. The second kappa shape index (κ2) is 3.90. The highest BCUT2D eigenvalue weighted by Crippen LogP contribution is 2.43. The number of nitrogens with one attached hydrogen (secondary N) is 1. The molecule has 96 valence electrons. The van der Waals surface area contributed by atoms with Gasteiger partial charge >= 0.3 is 0 Å². The highest BCUT2D eigenvalue weighted by atomic mass is 16.5. The van der Waals surface area contributed by atoms with Crippen molar-refractivity contribution in [1.82, 2.24) is 20.3 Å². The van der Waals surface area contributed by atoms with Crippen molar-refractivity contribution >= 4 is 0 Å². The van der Waals surface area contributed by atoms with Crippen LogP contribution in [-0.4, -0.2) is 32.5 Å². The van der Waals surface area contributed by atoms with Crippen LogP contribution in [-0.2, 0) is 4.74 Å². The Kier molecular flexibility index (Phi) is 2.19. The maximum atomic E-state index is 8.94. The number of aromatic nitrogens is 4. The van der Waals surface area contributed by atoms with Crippen molar-refractivity contribution in [2.24, 2.45) is 0 Å². The first-order chi connectivity index (χ1) is 9.35. The highest BCUT2D eigenvalue weighted by Gasteiger charge is 2.43. The number of nitriles is 1. The zero-order valence-electron chi connectivity index (χ0n) is 10.0. The molecule has 2 fully saturated rings. The van der Waals surface area contributed by atoms with E-state index in [1.165, 1.54) is 6.20 Å². The van der Waals surface area contributed by atoms with E-state index in [1.807, 2.05) is 6.07 Å². The average Bonchev–Trinajstić information content (AvgIpc) is 3.19. The van der Waals surface area contributed by atoms with E-state index >= 15 is 0 Å². The van der Waals surface area contributed by atoms with Gasteiger partial charge in [-0.2, -0.15) is 15.3 Å². The monoisotopic (exact) mass is 257 g/mol. The number of nitrogens with zero attached hydrogens (tertiary/aromatic N) is 4. The molecule has 7 nitrogen and oxygen atoms in total. The maximum Gasteiger partial charge on any atom is 0.262 e. The van der Waals surface area contributed by atoms with Gasteiger partial charge in [-0.05, 0) is 19.3 Å². The van der Waals surface area contributed by atoms with Crippen molar-refractivity contribution in [3.8, 4) is 17.5 Å². The first-order valence-electron chi connectivity index (χ1n) is 6.28. The lowest BCUT2D eigenvalue weighted by Crippen LogP contribution is -2.15. The predicted molar refractivity (Wildman–Crippen MR) is 61.8 cm³/mol. The molecule has 0 amide bonds. The van der Waals surface area contributed by atoms with Gasteiger partial charge in [-0.1, -0.05) is 5.16 Å². The van der Waals surface area contributed by atoms with Crippen molar-refractivity contribution in [3.63, 3.8) is 0 Å². The molecule has 3 unspecified atom stereocenters. The minimum absolute atomic E-state index is 0.216. The number of hydrogen-bond donors (Lipinski definition) is 1. The zero-order chi connectivity index (χ0) is 12.8. The standard InChI is InChI=1S/C12H11N5O2/c13-4-9-8(5-14-16-9)12-15-11(17-19-12)7-3-6-1-2-10(7)18-6/h5-7,10H,1-3H2,(H,14,16). The lowest BCUT2D eigenvalue weighted by atomic mass is 9.89. The molecule has 0 spiro atoms. The molecule has 2 bridgehead atoms. The number of ether oxygens (including phenoxy) is 1. The largest absolute Gasteiger partial charge is 0.374 e. The summed E-state index contributed by atoms with van der Waals surface area (Å²) in [5, 5.41) is 19.4. The van der Waals surface area contributed by atoms with Crippen LogP contribution in [0, 0.1) is 11.3 Å². The van der Waals surface area contributed by atoms with E-state index in [1.54, 1.807) is 0 Å². The van der Waals surface area contributed by atoms with Gasteiger partial charge in [0.05, 0.1) is 29.9 Å². The van der Waals surface area contributed by atoms with Crippen LogP contribution in [0.25, 0.3) is 11.5 Å². The topological polar surface area (TPSA) is 101 Å². The summed E-state index contributed by atoms with van der Waals surface area (Å²) in [6, 6.07) is 2.01. The molecule has 2 aromatic rings. The van der Waals surface area contributed by atoms with Gasteiger partial charge in [0.25, 0.3) is 5.89 Å². The van der Waals surface area contributed by atoms with E-state index in [0.717, 1.165) is 19.3 Å². The Morgan fingerprint density at radius 3 is 3.11 bits per heavy atom. The first-order valence-corrected chi connectivity index (χ1v) is 6.28. The Hall–Kier alpha value is -2.20. The van der Waals surface area contributed by atoms with Gasteiger partial charge in [0.1, 0.15) is 11.8 Å². The predicted octanol–water partition coefficient (Wildman–Crippen LogP) is 1.37. The fourth-order valence-corrected chi connectivity index (χ4v) is 2.94. The lowest BCUT2D eigenvalue weighted by Gasteiger charge is -2.13. The summed E-state index contributed by atoms with van der Waals surface area (Å²) in [5.74, 6) is 1.23. The number of aromatic amines is 1. The van der Waals surface area contributed by atoms with Crippen LogP contribution in [0.1, 0.15) is 36.7 Å². The van der Waals surface area contributed by atoms with Gasteiger partial charge in [-0.15, -0.1) is 0 Å². The van der Waals surface area contributed by atoms with E-state index in [2.05, 4.69) is 20.3 Å². The molecule has 4 heterocycles. The summed E-state index contributed by atoms with van der Waals surface area (Å²) in [6.07, 6.45) is 5.24. The Morgan fingerprint density at radius 1 is 1.42 bits per heavy atom.